The molecule has 2 aliphatic rings. The van der Waals surface area contributed by atoms with Gasteiger partial charge in [-0.05, 0) is 69.3 Å². The fourth-order valence-electron chi connectivity index (χ4n) is 5.41. The molecule has 2 aliphatic heterocycles. The first-order valence-corrected chi connectivity index (χ1v) is 11.6. The molecule has 1 aromatic carbocycles. The van der Waals surface area contributed by atoms with Crippen molar-refractivity contribution in [2.45, 2.75) is 57.0 Å². The van der Waals surface area contributed by atoms with Gasteiger partial charge >= 0.3 is 0 Å². The number of hydrogen-bond acceptors (Lipinski definition) is 6. The van der Waals surface area contributed by atoms with Gasteiger partial charge in [0.05, 0.1) is 17.8 Å². The highest BCUT2D eigenvalue weighted by atomic mass is 16.2. The summed E-state index contributed by atoms with van der Waals surface area (Å²) in [6.07, 6.45) is 8.22. The highest BCUT2D eigenvalue weighted by Crippen LogP contribution is 2.28. The van der Waals surface area contributed by atoms with Crippen LogP contribution in [0.1, 0.15) is 48.6 Å². The molecule has 2 saturated heterocycles. The number of H-pyrrole nitrogens is 2. The van der Waals surface area contributed by atoms with Gasteiger partial charge in [-0.2, -0.15) is 10.2 Å². The van der Waals surface area contributed by atoms with E-state index in [0.717, 1.165) is 79.7 Å². The number of hydrogen-bond donors (Lipinski definition) is 3. The predicted molar refractivity (Wildman–Crippen MR) is 122 cm³/mol. The van der Waals surface area contributed by atoms with Crippen LogP contribution >= 0.6 is 0 Å². The van der Waals surface area contributed by atoms with E-state index in [4.69, 9.17) is 5.73 Å². The second-order valence-electron chi connectivity index (χ2n) is 9.29. The molecule has 1 amide bonds. The molecule has 2 aromatic heterocycles. The van der Waals surface area contributed by atoms with Crippen LogP contribution in [-0.2, 0) is 11.2 Å². The molecule has 0 saturated carbocycles. The lowest BCUT2D eigenvalue weighted by molar-refractivity contribution is -0.134. The lowest BCUT2D eigenvalue weighted by Gasteiger charge is -2.42. The van der Waals surface area contributed by atoms with E-state index in [-0.39, 0.29) is 5.91 Å². The van der Waals surface area contributed by atoms with Gasteiger partial charge in [0.25, 0.3) is 0 Å². The van der Waals surface area contributed by atoms with Gasteiger partial charge in [-0.15, -0.1) is 0 Å². The molecule has 9 nitrogen and oxygen atoms in total. The third kappa shape index (κ3) is 4.27. The van der Waals surface area contributed by atoms with Crippen molar-refractivity contribution < 1.29 is 4.79 Å². The zero-order chi connectivity index (χ0) is 22.1. The molecule has 32 heavy (non-hydrogen) atoms. The summed E-state index contributed by atoms with van der Waals surface area (Å²) in [5.74, 6) is 1.57. The first kappa shape index (κ1) is 21.1. The normalized spacial score (nSPS) is 20.1. The summed E-state index contributed by atoms with van der Waals surface area (Å²) >= 11 is 0. The fourth-order valence-corrected chi connectivity index (χ4v) is 5.41. The van der Waals surface area contributed by atoms with Crippen molar-refractivity contribution >= 4 is 16.8 Å². The van der Waals surface area contributed by atoms with Crippen molar-refractivity contribution in [3.05, 3.63) is 41.6 Å². The van der Waals surface area contributed by atoms with Crippen molar-refractivity contribution in [3.8, 4) is 0 Å². The number of aryl methyl sites for hydroxylation is 1. The molecule has 3 aromatic rings. The minimum absolute atomic E-state index is 0.0671. The number of carbonyl (C=O) groups is 1. The number of piperidine rings is 2. The fraction of sp³-hybridized carbons (Fsp3) is 0.565. The molecule has 0 aliphatic carbocycles. The van der Waals surface area contributed by atoms with E-state index in [9.17, 15) is 4.79 Å². The summed E-state index contributed by atoms with van der Waals surface area (Å²) < 4.78 is 0. The van der Waals surface area contributed by atoms with Crippen LogP contribution in [0.2, 0.25) is 0 Å². The SMILES string of the molecule is Cc1cc(C[C@@H](N)C(=O)N2CCC(N3CCC(c4ncn[nH]4)CC3)CC2)cc2cn[nH]c12. The van der Waals surface area contributed by atoms with E-state index in [2.05, 4.69) is 49.3 Å². The highest BCUT2D eigenvalue weighted by molar-refractivity contribution is 5.84. The van der Waals surface area contributed by atoms with E-state index in [0.29, 0.717) is 18.4 Å². The van der Waals surface area contributed by atoms with Gasteiger partial charge in [0, 0.05) is 30.4 Å². The van der Waals surface area contributed by atoms with Gasteiger partial charge in [-0.1, -0.05) is 6.07 Å². The Morgan fingerprint density at radius 3 is 2.62 bits per heavy atom. The zero-order valence-electron chi connectivity index (χ0n) is 18.6. The van der Waals surface area contributed by atoms with Gasteiger partial charge in [-0.3, -0.25) is 15.0 Å². The average molecular weight is 437 g/mol. The minimum atomic E-state index is -0.507. The van der Waals surface area contributed by atoms with E-state index in [1.807, 2.05) is 11.1 Å². The number of nitrogens with two attached hydrogens (primary N) is 1. The van der Waals surface area contributed by atoms with Crippen LogP contribution in [0.15, 0.2) is 24.7 Å². The Labute approximate surface area is 187 Å². The van der Waals surface area contributed by atoms with Gasteiger partial charge in [0.15, 0.2) is 0 Å². The number of carbonyl (C=O) groups excluding carboxylic acids is 1. The van der Waals surface area contributed by atoms with Gasteiger partial charge in [0.2, 0.25) is 5.91 Å². The number of nitrogens with one attached hydrogen (secondary N) is 2. The number of rotatable bonds is 5. The second kappa shape index (κ2) is 8.99. The lowest BCUT2D eigenvalue weighted by atomic mass is 9.92. The topological polar surface area (TPSA) is 120 Å². The minimum Gasteiger partial charge on any atom is -0.341 e. The third-order valence-electron chi connectivity index (χ3n) is 7.22. The standard InChI is InChI=1S/C23H32N8O/c1-15-10-16(11-18-13-26-28-21(15)18)12-20(24)23(32)31-8-4-19(5-9-31)30-6-2-17(3-7-30)22-25-14-27-29-22/h10-11,13-14,17,19-20H,2-9,12,24H2,1H3,(H,26,28)(H,25,27,29)/t20-/m1/s1. The summed E-state index contributed by atoms with van der Waals surface area (Å²) in [5, 5.41) is 15.2. The van der Waals surface area contributed by atoms with Crippen molar-refractivity contribution in [2.24, 2.45) is 5.73 Å². The number of aromatic amines is 2. The largest absolute Gasteiger partial charge is 0.341 e. The zero-order valence-corrected chi connectivity index (χ0v) is 18.6. The number of benzene rings is 1. The maximum Gasteiger partial charge on any atom is 0.239 e. The Kier molecular flexibility index (Phi) is 5.93. The van der Waals surface area contributed by atoms with E-state index < -0.39 is 6.04 Å². The Balaban J connectivity index is 1.11. The lowest BCUT2D eigenvalue weighted by Crippen LogP contribution is -2.52. The Bertz CT molecular complexity index is 1050. The summed E-state index contributed by atoms with van der Waals surface area (Å²) in [5.41, 5.74) is 9.60. The molecule has 0 bridgehead atoms. The summed E-state index contributed by atoms with van der Waals surface area (Å²) in [6, 6.07) is 4.22. The molecule has 1 atom stereocenters. The number of amides is 1. The van der Waals surface area contributed by atoms with Crippen LogP contribution in [0.5, 0.6) is 0 Å². The predicted octanol–water partition coefficient (Wildman–Crippen LogP) is 1.73. The maximum absolute atomic E-state index is 13.0. The molecule has 0 radical (unpaired) electrons. The maximum atomic E-state index is 13.0. The molecule has 5 rings (SSSR count). The summed E-state index contributed by atoms with van der Waals surface area (Å²) in [7, 11) is 0. The molecular formula is C23H32N8O. The van der Waals surface area contributed by atoms with Gasteiger partial charge < -0.3 is 15.5 Å². The van der Waals surface area contributed by atoms with Crippen molar-refractivity contribution in [2.75, 3.05) is 26.2 Å². The molecule has 4 N–H and O–H groups in total. The highest BCUT2D eigenvalue weighted by Gasteiger charge is 2.32. The van der Waals surface area contributed by atoms with Crippen LogP contribution < -0.4 is 5.73 Å². The first-order valence-electron chi connectivity index (χ1n) is 11.6. The summed E-state index contributed by atoms with van der Waals surface area (Å²) in [6.45, 7) is 5.80. The van der Waals surface area contributed by atoms with Crippen molar-refractivity contribution in [3.63, 3.8) is 0 Å². The number of likely N-dealkylation sites (tertiary alicyclic amines) is 2. The molecule has 4 heterocycles. The quantitative estimate of drug-likeness (QED) is 0.560. The van der Waals surface area contributed by atoms with Crippen LogP contribution in [0.3, 0.4) is 0 Å². The molecule has 170 valence electrons. The number of nitrogens with zero attached hydrogens (tertiary/aromatic N) is 5. The summed E-state index contributed by atoms with van der Waals surface area (Å²) in [4.78, 5) is 21.9. The number of fused-ring (bicyclic) bond motifs is 1. The molecule has 9 heteroatoms. The van der Waals surface area contributed by atoms with Crippen LogP contribution in [0, 0.1) is 6.92 Å². The van der Waals surface area contributed by atoms with Crippen molar-refractivity contribution in [1.82, 2.24) is 35.2 Å². The van der Waals surface area contributed by atoms with Crippen molar-refractivity contribution in [1.29, 1.82) is 0 Å². The molecule has 0 spiro atoms. The Morgan fingerprint density at radius 1 is 1.12 bits per heavy atom. The van der Waals surface area contributed by atoms with E-state index >= 15 is 0 Å². The van der Waals surface area contributed by atoms with Gasteiger partial charge in [-0.25, -0.2) is 4.98 Å². The van der Waals surface area contributed by atoms with E-state index in [1.54, 1.807) is 6.33 Å². The average Bonchev–Trinajstić information content (AvgIpc) is 3.51. The third-order valence-corrected chi connectivity index (χ3v) is 7.22. The van der Waals surface area contributed by atoms with Crippen LogP contribution in [-0.4, -0.2) is 79.3 Å². The van der Waals surface area contributed by atoms with E-state index in [1.165, 1.54) is 0 Å². The Hall–Kier alpha value is -2.78. The molecule has 2 fully saturated rings. The van der Waals surface area contributed by atoms with Crippen LogP contribution in [0.4, 0.5) is 0 Å². The first-order chi connectivity index (χ1) is 15.6. The number of aromatic nitrogens is 5. The van der Waals surface area contributed by atoms with Crippen LogP contribution in [0.25, 0.3) is 10.9 Å². The second-order valence-corrected chi connectivity index (χ2v) is 9.29. The molecular weight excluding hydrogens is 404 g/mol. The molecule has 0 unspecified atom stereocenters. The monoisotopic (exact) mass is 436 g/mol. The Morgan fingerprint density at radius 2 is 1.91 bits per heavy atom. The van der Waals surface area contributed by atoms with Gasteiger partial charge in [0.1, 0.15) is 12.2 Å². The smallest absolute Gasteiger partial charge is 0.239 e.